The van der Waals surface area contributed by atoms with Gasteiger partial charge in [0.2, 0.25) is 5.91 Å². The number of hydrogen-bond donors (Lipinski definition) is 3. The van der Waals surface area contributed by atoms with Gasteiger partial charge in [0.15, 0.2) is 5.82 Å². The number of tetrazole rings is 1. The molecule has 2 fully saturated rings. The monoisotopic (exact) mass is 612 g/mol. The van der Waals surface area contributed by atoms with Crippen LogP contribution in [0.25, 0.3) is 11.4 Å². The largest absolute Gasteiger partial charge is 0.335 e. The first-order valence-electron chi connectivity index (χ1n) is 15.5. The lowest BCUT2D eigenvalue weighted by atomic mass is 9.86. The summed E-state index contributed by atoms with van der Waals surface area (Å²) in [4.78, 5) is 26.4. The molecule has 2 heterocycles. The molecule has 1 aliphatic heterocycles. The third-order valence-corrected chi connectivity index (χ3v) is 8.42. The predicted molar refractivity (Wildman–Crippen MR) is 172 cm³/mol. The predicted octanol–water partition coefficient (Wildman–Crippen LogP) is 4.95. The van der Waals surface area contributed by atoms with E-state index < -0.39 is 0 Å². The number of nitrogens with zero attached hydrogens (tertiary/aromatic N) is 5. The highest BCUT2D eigenvalue weighted by atomic mass is 19.1. The van der Waals surface area contributed by atoms with Crippen LogP contribution in [0.3, 0.4) is 0 Å². The van der Waals surface area contributed by atoms with E-state index in [-0.39, 0.29) is 29.8 Å². The van der Waals surface area contributed by atoms with Gasteiger partial charge in [0, 0.05) is 43.5 Å². The van der Waals surface area contributed by atoms with Gasteiger partial charge in [-0.2, -0.15) is 0 Å². The van der Waals surface area contributed by atoms with Crippen molar-refractivity contribution in [3.8, 4) is 11.4 Å². The Morgan fingerprint density at radius 3 is 2.51 bits per heavy atom. The first-order valence-corrected chi connectivity index (χ1v) is 15.5. The van der Waals surface area contributed by atoms with Crippen LogP contribution in [0.1, 0.15) is 43.7 Å². The minimum atomic E-state index is -0.234. The highest BCUT2D eigenvalue weighted by Crippen LogP contribution is 2.24. The lowest BCUT2D eigenvalue weighted by Crippen LogP contribution is -2.55. The van der Waals surface area contributed by atoms with Crippen molar-refractivity contribution in [2.45, 2.75) is 57.7 Å². The van der Waals surface area contributed by atoms with Crippen molar-refractivity contribution in [2.24, 2.45) is 13.0 Å². The molecule has 45 heavy (non-hydrogen) atoms. The Balaban J connectivity index is 0.000000178. The van der Waals surface area contributed by atoms with Crippen molar-refractivity contribution < 1.29 is 14.0 Å². The van der Waals surface area contributed by atoms with E-state index in [1.54, 1.807) is 23.9 Å². The first-order chi connectivity index (χ1) is 21.9. The van der Waals surface area contributed by atoms with Crippen molar-refractivity contribution in [1.29, 1.82) is 0 Å². The number of carbonyl (C=O) groups is 2. The summed E-state index contributed by atoms with van der Waals surface area (Å²) in [5, 5.41) is 20.6. The second-order valence-electron chi connectivity index (χ2n) is 11.8. The fourth-order valence-corrected chi connectivity index (χ4v) is 5.91. The van der Waals surface area contributed by atoms with E-state index in [0.717, 1.165) is 41.8 Å². The lowest BCUT2D eigenvalue weighted by molar-refractivity contribution is -0.135. The van der Waals surface area contributed by atoms with Crippen molar-refractivity contribution >= 4 is 17.6 Å². The van der Waals surface area contributed by atoms with Gasteiger partial charge in [-0.25, -0.2) is 13.9 Å². The van der Waals surface area contributed by atoms with Gasteiger partial charge in [0.1, 0.15) is 5.82 Å². The first kappa shape index (κ1) is 31.8. The molecule has 1 aromatic heterocycles. The molecule has 10 nitrogen and oxygen atoms in total. The third kappa shape index (κ3) is 8.95. The van der Waals surface area contributed by atoms with Gasteiger partial charge >= 0.3 is 6.03 Å². The van der Waals surface area contributed by atoms with Gasteiger partial charge in [-0.1, -0.05) is 74.4 Å². The van der Waals surface area contributed by atoms with Gasteiger partial charge in [-0.3, -0.25) is 4.79 Å². The molecule has 1 saturated carbocycles. The molecule has 1 saturated heterocycles. The van der Waals surface area contributed by atoms with Gasteiger partial charge in [-0.05, 0) is 71.0 Å². The van der Waals surface area contributed by atoms with Gasteiger partial charge in [0.25, 0.3) is 0 Å². The maximum atomic E-state index is 13.0. The number of carbonyl (C=O) groups excluding carboxylic acids is 2. The maximum Gasteiger partial charge on any atom is 0.319 e. The SMILES string of the molecule is CC1CCCCC1NC(=O)Nc1cccc(-c2nnnn2C)c1.O=C1CNCC(Cc2ccc(F)cc2)N1Cc1ccccc1. The highest BCUT2D eigenvalue weighted by molar-refractivity contribution is 5.90. The number of rotatable bonds is 7. The molecule has 6 rings (SSSR count). The average Bonchev–Trinajstić information content (AvgIpc) is 3.48. The zero-order chi connectivity index (χ0) is 31.6. The molecular weight excluding hydrogens is 571 g/mol. The Labute approximate surface area is 263 Å². The quantitative estimate of drug-likeness (QED) is 0.272. The molecule has 2 aliphatic rings. The molecule has 0 spiro atoms. The minimum Gasteiger partial charge on any atom is -0.335 e. The van der Waals surface area contributed by atoms with E-state index >= 15 is 0 Å². The van der Waals surface area contributed by atoms with E-state index in [2.05, 4.69) is 38.4 Å². The number of nitrogens with one attached hydrogen (secondary N) is 3. The Hall–Kier alpha value is -4.64. The molecule has 3 atom stereocenters. The number of piperazine rings is 1. The van der Waals surface area contributed by atoms with E-state index in [4.69, 9.17) is 0 Å². The van der Waals surface area contributed by atoms with Crippen LogP contribution in [0.15, 0.2) is 78.9 Å². The second kappa shape index (κ2) is 15.4. The smallest absolute Gasteiger partial charge is 0.319 e. The number of benzene rings is 3. The summed E-state index contributed by atoms with van der Waals surface area (Å²) in [5.74, 6) is 1.07. The van der Waals surface area contributed by atoms with Crippen molar-refractivity contribution in [3.05, 3.63) is 95.8 Å². The molecule has 3 amide bonds. The van der Waals surface area contributed by atoms with Gasteiger partial charge in [0.05, 0.1) is 6.54 Å². The van der Waals surface area contributed by atoms with E-state index in [9.17, 15) is 14.0 Å². The number of anilines is 1. The van der Waals surface area contributed by atoms with Gasteiger partial charge < -0.3 is 20.9 Å². The van der Waals surface area contributed by atoms with Crippen molar-refractivity contribution in [1.82, 2.24) is 35.7 Å². The molecule has 0 bridgehead atoms. The number of halogens is 1. The maximum absolute atomic E-state index is 13.0. The third-order valence-electron chi connectivity index (χ3n) is 8.42. The summed E-state index contributed by atoms with van der Waals surface area (Å²) in [6, 6.07) is 24.2. The zero-order valence-corrected chi connectivity index (χ0v) is 25.8. The van der Waals surface area contributed by atoms with Crippen molar-refractivity contribution in [3.63, 3.8) is 0 Å². The van der Waals surface area contributed by atoms with Crippen LogP contribution in [0.5, 0.6) is 0 Å². The average molecular weight is 613 g/mol. The van der Waals surface area contributed by atoms with Gasteiger partial charge in [-0.15, -0.1) is 5.10 Å². The number of amides is 3. The van der Waals surface area contributed by atoms with Crippen LogP contribution >= 0.6 is 0 Å². The number of urea groups is 1. The van der Waals surface area contributed by atoms with Crippen LogP contribution < -0.4 is 16.0 Å². The van der Waals surface area contributed by atoms with Crippen molar-refractivity contribution in [2.75, 3.05) is 18.4 Å². The molecule has 4 aromatic rings. The Bertz CT molecular complexity index is 1550. The summed E-state index contributed by atoms with van der Waals surface area (Å²) in [5.41, 5.74) is 3.76. The van der Waals surface area contributed by atoms with Crippen LogP contribution in [0, 0.1) is 11.7 Å². The molecule has 3 unspecified atom stereocenters. The van der Waals surface area contributed by atoms with E-state index in [0.29, 0.717) is 24.8 Å². The standard InChI is InChI=1S/C18H19FN2O.C16H22N6O/c19-16-8-6-14(7-9-16)10-17-11-20-12-18(22)21(17)13-15-4-2-1-3-5-15;1-11-6-3-4-9-14(11)18-16(23)17-13-8-5-7-12(10-13)15-19-20-21-22(15)2/h1-9,17,20H,10-13H2;5,7-8,10-11,14H,3-4,6,9H2,1-2H3,(H2,17,18,23). The Morgan fingerprint density at radius 1 is 1.00 bits per heavy atom. The fraction of sp³-hybridized carbons (Fsp3) is 0.382. The molecule has 236 valence electrons. The zero-order valence-electron chi connectivity index (χ0n) is 25.8. The topological polar surface area (TPSA) is 117 Å². The number of aromatic nitrogens is 4. The Morgan fingerprint density at radius 2 is 1.78 bits per heavy atom. The summed E-state index contributed by atoms with van der Waals surface area (Å²) in [6.07, 6.45) is 5.41. The fourth-order valence-electron chi connectivity index (χ4n) is 5.91. The summed E-state index contributed by atoms with van der Waals surface area (Å²) >= 11 is 0. The summed E-state index contributed by atoms with van der Waals surface area (Å²) in [7, 11) is 1.78. The highest BCUT2D eigenvalue weighted by Gasteiger charge is 2.28. The van der Waals surface area contributed by atoms with Crippen LogP contribution in [0.4, 0.5) is 14.9 Å². The van der Waals surface area contributed by atoms with Crippen LogP contribution in [-0.2, 0) is 24.8 Å². The number of hydrogen-bond acceptors (Lipinski definition) is 6. The Kier molecular flexibility index (Phi) is 10.9. The second-order valence-corrected chi connectivity index (χ2v) is 11.8. The molecule has 3 N–H and O–H groups in total. The van der Waals surface area contributed by atoms with E-state index in [1.165, 1.54) is 31.4 Å². The molecule has 0 radical (unpaired) electrons. The van der Waals surface area contributed by atoms with Crippen LogP contribution in [0.2, 0.25) is 0 Å². The molecule has 3 aromatic carbocycles. The van der Waals surface area contributed by atoms with Crippen LogP contribution in [-0.4, -0.2) is 62.2 Å². The summed E-state index contributed by atoms with van der Waals surface area (Å²) < 4.78 is 14.6. The summed E-state index contributed by atoms with van der Waals surface area (Å²) in [6.45, 7) is 3.96. The molecular formula is C34H41FN8O2. The normalized spacial score (nSPS) is 19.8. The molecule has 11 heteroatoms. The molecule has 1 aliphatic carbocycles. The lowest BCUT2D eigenvalue weighted by Gasteiger charge is -2.36. The minimum absolute atomic E-state index is 0.0897. The van der Waals surface area contributed by atoms with E-state index in [1.807, 2.05) is 59.5 Å². The number of aryl methyl sites for hydroxylation is 1.